The van der Waals surface area contributed by atoms with Crippen molar-refractivity contribution < 1.29 is 27.8 Å². The minimum atomic E-state index is -4.61. The monoisotopic (exact) mass is 396 g/mol. The largest absolute Gasteiger partial charge is 0.504 e. The van der Waals surface area contributed by atoms with Gasteiger partial charge in [-0.2, -0.15) is 18.4 Å². The molecule has 140 valence electrons. The van der Waals surface area contributed by atoms with E-state index in [4.69, 9.17) is 16.3 Å². The lowest BCUT2D eigenvalue weighted by Gasteiger charge is -2.11. The first-order chi connectivity index (χ1) is 12.7. The van der Waals surface area contributed by atoms with E-state index in [9.17, 15) is 28.3 Å². The Hall–Kier alpha value is -3.18. The van der Waals surface area contributed by atoms with Crippen LogP contribution in [-0.4, -0.2) is 18.1 Å². The predicted molar refractivity (Wildman–Crippen MR) is 93.3 cm³/mol. The van der Waals surface area contributed by atoms with Crippen LogP contribution in [0.15, 0.2) is 42.0 Å². The van der Waals surface area contributed by atoms with E-state index in [1.54, 1.807) is 6.07 Å². The van der Waals surface area contributed by atoms with Gasteiger partial charge in [-0.25, -0.2) is 0 Å². The number of nitrogens with one attached hydrogen (secondary N) is 1. The fourth-order valence-corrected chi connectivity index (χ4v) is 2.25. The number of nitriles is 1. The summed E-state index contributed by atoms with van der Waals surface area (Å²) in [5.41, 5.74) is -1.28. The molecule has 9 heteroatoms. The minimum Gasteiger partial charge on any atom is -0.504 e. The van der Waals surface area contributed by atoms with Gasteiger partial charge in [0.05, 0.1) is 23.4 Å². The number of nitrogens with zero attached hydrogens (tertiary/aromatic N) is 1. The molecule has 0 aromatic heterocycles. The second-order valence-electron chi connectivity index (χ2n) is 5.25. The zero-order valence-corrected chi connectivity index (χ0v) is 14.5. The third kappa shape index (κ3) is 4.92. The summed E-state index contributed by atoms with van der Waals surface area (Å²) >= 11 is 5.83. The molecule has 0 saturated carbocycles. The highest BCUT2D eigenvalue weighted by atomic mass is 35.5. The summed E-state index contributed by atoms with van der Waals surface area (Å²) in [6.45, 7) is 0. The normalized spacial score (nSPS) is 11.6. The Labute approximate surface area is 157 Å². The van der Waals surface area contributed by atoms with E-state index in [0.29, 0.717) is 11.6 Å². The molecule has 0 heterocycles. The summed E-state index contributed by atoms with van der Waals surface area (Å²) in [4.78, 5) is 12.3. The van der Waals surface area contributed by atoms with Crippen molar-refractivity contribution in [3.05, 3.63) is 58.1 Å². The summed E-state index contributed by atoms with van der Waals surface area (Å²) in [6.07, 6.45) is -3.42. The number of methoxy groups -OCH3 is 1. The molecule has 2 aromatic rings. The lowest BCUT2D eigenvalue weighted by atomic mass is 10.1. The SMILES string of the molecule is COc1cc(/C=C(/C#N)C(=O)Nc2cc(C(F)(F)F)ccc2Cl)ccc1O. The predicted octanol–water partition coefficient (Wildman–Crippen LogP) is 4.62. The van der Waals surface area contributed by atoms with E-state index in [2.05, 4.69) is 5.32 Å². The van der Waals surface area contributed by atoms with Crippen molar-refractivity contribution in [2.45, 2.75) is 6.18 Å². The number of hydrogen-bond donors (Lipinski definition) is 2. The second kappa shape index (κ2) is 8.01. The van der Waals surface area contributed by atoms with Gasteiger partial charge in [-0.05, 0) is 42.0 Å². The summed E-state index contributed by atoms with van der Waals surface area (Å²) in [5.74, 6) is -0.943. The number of aromatic hydroxyl groups is 1. The molecule has 0 aliphatic heterocycles. The van der Waals surface area contributed by atoms with Crippen LogP contribution in [0.4, 0.5) is 18.9 Å². The van der Waals surface area contributed by atoms with Crippen molar-refractivity contribution in [2.75, 3.05) is 12.4 Å². The van der Waals surface area contributed by atoms with Crippen LogP contribution in [0.3, 0.4) is 0 Å². The van der Waals surface area contributed by atoms with Crippen LogP contribution in [0.5, 0.6) is 11.5 Å². The number of amides is 1. The molecular formula is C18H12ClF3N2O3. The summed E-state index contributed by atoms with van der Waals surface area (Å²) < 4.78 is 43.3. The van der Waals surface area contributed by atoms with E-state index in [0.717, 1.165) is 12.1 Å². The Morgan fingerprint density at radius 1 is 1.30 bits per heavy atom. The number of carbonyl (C=O) groups excluding carboxylic acids is 1. The van der Waals surface area contributed by atoms with E-state index in [1.165, 1.54) is 31.4 Å². The van der Waals surface area contributed by atoms with Gasteiger partial charge in [0.15, 0.2) is 11.5 Å². The van der Waals surface area contributed by atoms with Crippen molar-refractivity contribution in [1.29, 1.82) is 5.26 Å². The Morgan fingerprint density at radius 3 is 2.59 bits per heavy atom. The van der Waals surface area contributed by atoms with Gasteiger partial charge in [0.25, 0.3) is 5.91 Å². The number of halogens is 4. The van der Waals surface area contributed by atoms with Crippen LogP contribution >= 0.6 is 11.6 Å². The molecule has 5 nitrogen and oxygen atoms in total. The van der Waals surface area contributed by atoms with Crippen molar-refractivity contribution in [3.63, 3.8) is 0 Å². The molecular weight excluding hydrogens is 385 g/mol. The van der Waals surface area contributed by atoms with Gasteiger partial charge < -0.3 is 15.2 Å². The number of anilines is 1. The summed E-state index contributed by atoms with van der Waals surface area (Å²) in [6, 6.07) is 8.25. The molecule has 2 N–H and O–H groups in total. The van der Waals surface area contributed by atoms with Crippen molar-refractivity contribution in [3.8, 4) is 17.6 Å². The average Bonchev–Trinajstić information content (AvgIpc) is 2.61. The number of hydrogen-bond acceptors (Lipinski definition) is 4. The van der Waals surface area contributed by atoms with Gasteiger partial charge in [-0.15, -0.1) is 0 Å². The molecule has 0 radical (unpaired) electrons. The topological polar surface area (TPSA) is 82.3 Å². The standard InChI is InChI=1S/C18H12ClF3N2O3/c1-27-16-7-10(2-5-15(16)25)6-11(9-23)17(26)24-14-8-12(18(20,21)22)3-4-13(14)19/h2-8,25H,1H3,(H,24,26)/b11-6-. The van der Waals surface area contributed by atoms with Gasteiger partial charge in [0.2, 0.25) is 0 Å². The van der Waals surface area contributed by atoms with Crippen LogP contribution in [0.1, 0.15) is 11.1 Å². The molecule has 0 saturated heterocycles. The lowest BCUT2D eigenvalue weighted by molar-refractivity contribution is -0.137. The number of phenolic OH excluding ortho intramolecular Hbond substituents is 1. The molecule has 0 fully saturated rings. The Bertz CT molecular complexity index is 950. The third-order valence-corrected chi connectivity index (χ3v) is 3.75. The lowest BCUT2D eigenvalue weighted by Crippen LogP contribution is -2.15. The smallest absolute Gasteiger partial charge is 0.416 e. The zero-order chi connectivity index (χ0) is 20.2. The summed E-state index contributed by atoms with van der Waals surface area (Å²) in [5, 5.41) is 20.8. The highest BCUT2D eigenvalue weighted by Gasteiger charge is 2.31. The van der Waals surface area contributed by atoms with Crippen LogP contribution in [0.2, 0.25) is 5.02 Å². The zero-order valence-electron chi connectivity index (χ0n) is 13.8. The number of carbonyl (C=O) groups is 1. The van der Waals surface area contributed by atoms with Crippen molar-refractivity contribution in [2.24, 2.45) is 0 Å². The maximum Gasteiger partial charge on any atom is 0.416 e. The van der Waals surface area contributed by atoms with E-state index in [-0.39, 0.29) is 27.8 Å². The number of ether oxygens (including phenoxy) is 1. The highest BCUT2D eigenvalue weighted by Crippen LogP contribution is 2.34. The van der Waals surface area contributed by atoms with Crippen LogP contribution in [0, 0.1) is 11.3 Å². The average molecular weight is 397 g/mol. The highest BCUT2D eigenvalue weighted by molar-refractivity contribution is 6.34. The fraction of sp³-hybridized carbons (Fsp3) is 0.111. The molecule has 1 amide bonds. The fourth-order valence-electron chi connectivity index (χ4n) is 2.09. The van der Waals surface area contributed by atoms with Crippen LogP contribution < -0.4 is 10.1 Å². The Balaban J connectivity index is 2.32. The van der Waals surface area contributed by atoms with Gasteiger partial charge in [-0.1, -0.05) is 17.7 Å². The molecule has 0 bridgehead atoms. The molecule has 27 heavy (non-hydrogen) atoms. The number of phenols is 1. The number of alkyl halides is 3. The quantitative estimate of drug-likeness (QED) is 0.583. The van der Waals surface area contributed by atoms with Gasteiger partial charge >= 0.3 is 6.18 Å². The molecule has 0 aliphatic carbocycles. The molecule has 0 atom stereocenters. The molecule has 0 spiro atoms. The first-order valence-electron chi connectivity index (χ1n) is 7.32. The van der Waals surface area contributed by atoms with Crippen LogP contribution in [-0.2, 0) is 11.0 Å². The van der Waals surface area contributed by atoms with Gasteiger partial charge in [0.1, 0.15) is 11.6 Å². The van der Waals surface area contributed by atoms with E-state index in [1.807, 2.05) is 0 Å². The number of benzene rings is 2. The van der Waals surface area contributed by atoms with Crippen molar-refractivity contribution in [1.82, 2.24) is 0 Å². The molecule has 2 rings (SSSR count). The van der Waals surface area contributed by atoms with Crippen LogP contribution in [0.25, 0.3) is 6.08 Å². The van der Waals surface area contributed by atoms with Gasteiger partial charge in [0, 0.05) is 0 Å². The van der Waals surface area contributed by atoms with E-state index < -0.39 is 17.6 Å². The molecule has 0 aliphatic rings. The Morgan fingerprint density at radius 2 is 2.00 bits per heavy atom. The maximum absolute atomic E-state index is 12.8. The summed E-state index contributed by atoms with van der Waals surface area (Å²) in [7, 11) is 1.33. The third-order valence-electron chi connectivity index (χ3n) is 3.42. The van der Waals surface area contributed by atoms with Crippen molar-refractivity contribution >= 4 is 29.3 Å². The first-order valence-corrected chi connectivity index (χ1v) is 7.70. The Kier molecular flexibility index (Phi) is 5.98. The maximum atomic E-state index is 12.8. The molecule has 0 unspecified atom stereocenters. The molecule has 2 aromatic carbocycles. The minimum absolute atomic E-state index is 0.111. The van der Waals surface area contributed by atoms with Gasteiger partial charge in [-0.3, -0.25) is 4.79 Å². The number of rotatable bonds is 4. The second-order valence-corrected chi connectivity index (χ2v) is 5.65. The first kappa shape index (κ1) is 20.1. The van der Waals surface area contributed by atoms with E-state index >= 15 is 0 Å².